The van der Waals surface area contributed by atoms with E-state index in [9.17, 15) is 19.5 Å². The maximum absolute atomic E-state index is 13.0. The first kappa shape index (κ1) is 28.0. The zero-order valence-electron chi connectivity index (χ0n) is 21.6. The van der Waals surface area contributed by atoms with Gasteiger partial charge in [-0.05, 0) is 52.3 Å². The van der Waals surface area contributed by atoms with Gasteiger partial charge in [0.2, 0.25) is 0 Å². The van der Waals surface area contributed by atoms with Crippen molar-refractivity contribution in [3.05, 3.63) is 57.1 Å². The Labute approximate surface area is 220 Å². The number of nitrogens with one attached hydrogen (secondary N) is 1. The zero-order valence-corrected chi connectivity index (χ0v) is 22.4. The van der Waals surface area contributed by atoms with Crippen LogP contribution in [-0.2, 0) is 32.1 Å². The van der Waals surface area contributed by atoms with Crippen molar-refractivity contribution in [3.8, 4) is 5.75 Å². The molecule has 0 atom stereocenters. The van der Waals surface area contributed by atoms with Gasteiger partial charge in [0.25, 0.3) is 11.8 Å². The number of aryl methyl sites for hydroxylation is 2. The monoisotopic (exact) mass is 533 g/mol. The molecule has 0 unspecified atom stereocenters. The minimum atomic E-state index is -0.835. The van der Waals surface area contributed by atoms with Crippen LogP contribution in [-0.4, -0.2) is 58.2 Å². The van der Waals surface area contributed by atoms with E-state index in [0.29, 0.717) is 23.8 Å². The van der Waals surface area contributed by atoms with Crippen molar-refractivity contribution in [2.24, 2.45) is 0 Å². The molecule has 11 heteroatoms. The highest BCUT2D eigenvalue weighted by atomic mass is 35.5. The number of halogens is 1. The highest BCUT2D eigenvalue weighted by Gasteiger charge is 2.32. The SMILES string of the molecule is Cc1noc(C)c1CCOc1ccc(CN2CCC(O)=C(C(=O)NCC(=O)OC(C)(C)C)C2=O)cc1Cl. The van der Waals surface area contributed by atoms with Crippen molar-refractivity contribution in [3.63, 3.8) is 0 Å². The molecular weight excluding hydrogens is 502 g/mol. The summed E-state index contributed by atoms with van der Waals surface area (Å²) < 4.78 is 16.1. The first-order valence-corrected chi connectivity index (χ1v) is 12.3. The van der Waals surface area contributed by atoms with Crippen LogP contribution in [0.1, 0.15) is 49.8 Å². The van der Waals surface area contributed by atoms with E-state index in [1.165, 1.54) is 4.90 Å². The van der Waals surface area contributed by atoms with Gasteiger partial charge >= 0.3 is 5.97 Å². The van der Waals surface area contributed by atoms with Gasteiger partial charge in [-0.25, -0.2) is 0 Å². The number of hydrogen-bond acceptors (Lipinski definition) is 8. The van der Waals surface area contributed by atoms with Gasteiger partial charge in [0.05, 0.1) is 17.3 Å². The molecule has 1 aliphatic rings. The second-order valence-corrected chi connectivity index (χ2v) is 10.1. The van der Waals surface area contributed by atoms with Crippen LogP contribution < -0.4 is 10.1 Å². The second-order valence-electron chi connectivity index (χ2n) is 9.73. The van der Waals surface area contributed by atoms with Crippen LogP contribution in [0.3, 0.4) is 0 Å². The van der Waals surface area contributed by atoms with Crippen LogP contribution >= 0.6 is 11.6 Å². The van der Waals surface area contributed by atoms with Crippen LogP contribution in [0.4, 0.5) is 0 Å². The molecule has 0 saturated heterocycles. The number of rotatable bonds is 9. The van der Waals surface area contributed by atoms with Crippen LogP contribution in [0.15, 0.2) is 34.1 Å². The number of esters is 1. The second kappa shape index (κ2) is 11.7. The number of carbonyl (C=O) groups is 3. The number of benzene rings is 1. The lowest BCUT2D eigenvalue weighted by Gasteiger charge is -2.28. The molecule has 1 aliphatic heterocycles. The molecule has 0 bridgehead atoms. The number of nitrogens with zero attached hydrogens (tertiary/aromatic N) is 2. The summed E-state index contributed by atoms with van der Waals surface area (Å²) in [6.07, 6.45) is 0.730. The van der Waals surface area contributed by atoms with Gasteiger partial charge in [-0.1, -0.05) is 22.8 Å². The fourth-order valence-electron chi connectivity index (χ4n) is 3.85. The lowest BCUT2D eigenvalue weighted by Crippen LogP contribution is -2.43. The van der Waals surface area contributed by atoms with Crippen molar-refractivity contribution in [2.75, 3.05) is 19.7 Å². The highest BCUT2D eigenvalue weighted by molar-refractivity contribution is 6.32. The van der Waals surface area contributed by atoms with Gasteiger partial charge in [0.15, 0.2) is 0 Å². The highest BCUT2D eigenvalue weighted by Crippen LogP contribution is 2.28. The van der Waals surface area contributed by atoms with Crippen molar-refractivity contribution >= 4 is 29.4 Å². The maximum Gasteiger partial charge on any atom is 0.325 e. The topological polar surface area (TPSA) is 131 Å². The minimum Gasteiger partial charge on any atom is -0.511 e. The number of aliphatic hydroxyl groups excluding tert-OH is 1. The first-order valence-electron chi connectivity index (χ1n) is 11.9. The van der Waals surface area contributed by atoms with Crippen LogP contribution in [0.5, 0.6) is 5.75 Å². The molecule has 0 aliphatic carbocycles. The number of aromatic nitrogens is 1. The molecule has 0 saturated carbocycles. The van der Waals surface area contributed by atoms with Gasteiger partial charge in [-0.15, -0.1) is 0 Å². The van der Waals surface area contributed by atoms with Crippen LogP contribution in [0, 0.1) is 13.8 Å². The molecule has 0 radical (unpaired) electrons. The Hall–Kier alpha value is -3.53. The summed E-state index contributed by atoms with van der Waals surface area (Å²) in [5.41, 5.74) is 1.45. The summed E-state index contributed by atoms with van der Waals surface area (Å²) in [7, 11) is 0. The molecular formula is C26H32ClN3O7. The van der Waals surface area contributed by atoms with E-state index < -0.39 is 29.9 Å². The molecule has 2 N–H and O–H groups in total. The minimum absolute atomic E-state index is 0.109. The van der Waals surface area contributed by atoms with Crippen LogP contribution in [0.25, 0.3) is 0 Å². The van der Waals surface area contributed by atoms with Gasteiger partial charge in [-0.3, -0.25) is 14.4 Å². The lowest BCUT2D eigenvalue weighted by molar-refractivity contribution is -0.154. The summed E-state index contributed by atoms with van der Waals surface area (Å²) >= 11 is 6.41. The van der Waals surface area contributed by atoms with E-state index in [2.05, 4.69) is 10.5 Å². The molecule has 0 spiro atoms. The summed E-state index contributed by atoms with van der Waals surface area (Å²) in [6.45, 7) is 9.20. The average molecular weight is 534 g/mol. The van der Waals surface area contributed by atoms with E-state index in [4.69, 9.17) is 25.6 Å². The fourth-order valence-corrected chi connectivity index (χ4v) is 4.11. The number of aliphatic hydroxyl groups is 1. The van der Waals surface area contributed by atoms with Gasteiger partial charge in [0.1, 0.15) is 35.0 Å². The Morgan fingerprint density at radius 2 is 2.00 bits per heavy atom. The van der Waals surface area contributed by atoms with Crippen molar-refractivity contribution in [2.45, 2.75) is 59.6 Å². The molecule has 3 rings (SSSR count). The quantitative estimate of drug-likeness (QED) is 0.369. The molecule has 1 aromatic carbocycles. The van der Waals surface area contributed by atoms with Crippen molar-refractivity contribution in [1.29, 1.82) is 0 Å². The molecule has 0 fully saturated rings. The van der Waals surface area contributed by atoms with Gasteiger partial charge < -0.3 is 29.3 Å². The molecule has 1 aromatic heterocycles. The number of amides is 2. The Morgan fingerprint density at radius 1 is 1.27 bits per heavy atom. The molecule has 10 nitrogen and oxygen atoms in total. The van der Waals surface area contributed by atoms with E-state index in [0.717, 1.165) is 22.6 Å². The summed E-state index contributed by atoms with van der Waals surface area (Å²) in [5, 5.41) is 16.9. The normalized spacial score (nSPS) is 14.1. The van der Waals surface area contributed by atoms with E-state index >= 15 is 0 Å². The van der Waals surface area contributed by atoms with Crippen molar-refractivity contribution in [1.82, 2.24) is 15.4 Å². The third kappa shape index (κ3) is 7.48. The predicted molar refractivity (Wildman–Crippen MR) is 135 cm³/mol. The molecule has 37 heavy (non-hydrogen) atoms. The maximum atomic E-state index is 13.0. The van der Waals surface area contributed by atoms with Crippen molar-refractivity contribution < 1.29 is 33.5 Å². The molecule has 2 heterocycles. The van der Waals surface area contributed by atoms with E-state index in [1.807, 2.05) is 13.8 Å². The van der Waals surface area contributed by atoms with Crippen LogP contribution in [0.2, 0.25) is 5.02 Å². The average Bonchev–Trinajstić information content (AvgIpc) is 3.12. The lowest BCUT2D eigenvalue weighted by atomic mass is 10.0. The Kier molecular flexibility index (Phi) is 8.85. The molecule has 2 aromatic rings. The van der Waals surface area contributed by atoms with E-state index in [1.54, 1.807) is 39.0 Å². The number of hydrogen-bond donors (Lipinski definition) is 2. The first-order chi connectivity index (χ1) is 17.4. The van der Waals surface area contributed by atoms with Gasteiger partial charge in [-0.2, -0.15) is 0 Å². The Morgan fingerprint density at radius 3 is 2.62 bits per heavy atom. The summed E-state index contributed by atoms with van der Waals surface area (Å²) in [5.74, 6) is -1.18. The smallest absolute Gasteiger partial charge is 0.325 e. The fraction of sp³-hybridized carbons (Fsp3) is 0.462. The third-order valence-corrected chi connectivity index (χ3v) is 5.90. The summed E-state index contributed by atoms with van der Waals surface area (Å²) in [6, 6.07) is 5.20. The Balaban J connectivity index is 1.58. The predicted octanol–water partition coefficient (Wildman–Crippen LogP) is 3.57. The van der Waals surface area contributed by atoms with E-state index in [-0.39, 0.29) is 30.8 Å². The molecule has 2 amide bonds. The number of carbonyl (C=O) groups excluding carboxylic acids is 3. The Bertz CT molecular complexity index is 1190. The third-order valence-electron chi connectivity index (χ3n) is 5.61. The summed E-state index contributed by atoms with van der Waals surface area (Å²) in [4.78, 5) is 38.9. The standard InChI is InChI=1S/C26H32ClN3O7/c1-15-18(16(2)37-29-15)9-11-35-21-7-6-17(12-19(21)27)14-30-10-8-20(31)23(25(30)34)24(33)28-13-22(32)36-26(3,4)5/h6-7,12,31H,8-11,13-14H2,1-5H3,(H,28,33). The zero-order chi connectivity index (χ0) is 27.3. The largest absolute Gasteiger partial charge is 0.511 e. The van der Waals surface area contributed by atoms with Gasteiger partial charge in [0, 0.05) is 31.5 Å². The number of ether oxygens (including phenoxy) is 2. The molecule has 200 valence electrons.